The molecule has 4 atom stereocenters. The van der Waals surface area contributed by atoms with Crippen LogP contribution in [0.3, 0.4) is 0 Å². The monoisotopic (exact) mass is 630 g/mol. The summed E-state index contributed by atoms with van der Waals surface area (Å²) < 4.78 is 5.75. The highest BCUT2D eigenvalue weighted by molar-refractivity contribution is 7.09. The largest absolute Gasteiger partial charge is 0.374 e. The number of methoxy groups -OCH3 is 1. The van der Waals surface area contributed by atoms with Crippen LogP contribution in [-0.2, 0) is 30.3 Å². The molecule has 44 heavy (non-hydrogen) atoms. The predicted octanol–water partition coefficient (Wildman–Crippen LogP) is 1.72. The normalized spacial score (nSPS) is 14.0. The average Bonchev–Trinajstić information content (AvgIpc) is 3.49. The number of ether oxygens (including phenoxy) is 1. The number of likely N-dealkylation sites (N-methyl/N-ethyl adjacent to an activating group) is 3. The zero-order chi connectivity index (χ0) is 33.0. The van der Waals surface area contributed by atoms with E-state index in [2.05, 4.69) is 26.3 Å². The van der Waals surface area contributed by atoms with Crippen molar-refractivity contribution in [3.8, 4) is 0 Å². The van der Waals surface area contributed by atoms with Crippen LogP contribution in [-0.4, -0.2) is 92.2 Å². The number of nitrogens with zero attached hydrogens (tertiary/aromatic N) is 2. The molecule has 242 valence electrons. The van der Waals surface area contributed by atoms with Crippen molar-refractivity contribution >= 4 is 40.7 Å². The molecule has 13 heteroatoms. The van der Waals surface area contributed by atoms with Crippen LogP contribution in [0.15, 0.2) is 35.7 Å². The molecule has 0 aliphatic rings. The van der Waals surface area contributed by atoms with Crippen molar-refractivity contribution < 1.29 is 28.7 Å². The number of rotatable bonds is 17. The van der Waals surface area contributed by atoms with Gasteiger partial charge in [-0.1, -0.05) is 58.0 Å². The molecule has 0 spiro atoms. The third-order valence-electron chi connectivity index (χ3n) is 7.46. The van der Waals surface area contributed by atoms with E-state index in [9.17, 15) is 24.0 Å². The van der Waals surface area contributed by atoms with Gasteiger partial charge >= 0.3 is 0 Å². The van der Waals surface area contributed by atoms with E-state index in [1.165, 1.54) is 25.5 Å². The van der Waals surface area contributed by atoms with E-state index >= 15 is 0 Å². The molecule has 2 rings (SSSR count). The molecule has 4 unspecified atom stereocenters. The van der Waals surface area contributed by atoms with E-state index in [0.29, 0.717) is 11.4 Å². The smallest absolute Gasteiger partial charge is 0.289 e. The van der Waals surface area contributed by atoms with Gasteiger partial charge in [0.15, 0.2) is 0 Å². The van der Waals surface area contributed by atoms with Crippen LogP contribution in [0.5, 0.6) is 0 Å². The molecule has 0 saturated carbocycles. The summed E-state index contributed by atoms with van der Waals surface area (Å²) in [4.78, 5) is 69.7. The molecule has 0 aliphatic carbocycles. The molecule has 0 aliphatic heterocycles. The summed E-state index contributed by atoms with van der Waals surface area (Å²) in [5, 5.41) is 12.8. The van der Waals surface area contributed by atoms with Gasteiger partial charge in [0.2, 0.25) is 17.6 Å². The summed E-state index contributed by atoms with van der Waals surface area (Å²) in [5.41, 5.74) is 0.875. The second kappa shape index (κ2) is 17.6. The van der Waals surface area contributed by atoms with Gasteiger partial charge in [0, 0.05) is 45.5 Å². The maximum absolute atomic E-state index is 13.2. The first-order valence-electron chi connectivity index (χ1n) is 14.6. The Kier molecular flexibility index (Phi) is 14.6. The number of aromatic nitrogens is 1. The molecule has 0 fully saturated rings. The summed E-state index contributed by atoms with van der Waals surface area (Å²) in [5.74, 6) is -2.52. The summed E-state index contributed by atoms with van der Waals surface area (Å²) in [6, 6.07) is 7.35. The highest BCUT2D eigenvalue weighted by atomic mass is 32.1. The Morgan fingerprint density at radius 2 is 1.66 bits per heavy atom. The molecule has 0 saturated heterocycles. The molecule has 1 heterocycles. The van der Waals surface area contributed by atoms with Gasteiger partial charge in [-0.05, 0) is 24.4 Å². The molecule has 1 aromatic carbocycles. The molecular formula is C31H46N6O6S. The number of carbonyl (C=O) groups excluding carboxylic acids is 5. The fourth-order valence-corrected chi connectivity index (χ4v) is 5.74. The lowest BCUT2D eigenvalue weighted by atomic mass is 9.96. The fourth-order valence-electron chi connectivity index (χ4n) is 4.86. The van der Waals surface area contributed by atoms with Crippen LogP contribution in [0.25, 0.3) is 0 Å². The van der Waals surface area contributed by atoms with Gasteiger partial charge < -0.3 is 30.9 Å². The van der Waals surface area contributed by atoms with Gasteiger partial charge in [-0.2, -0.15) is 0 Å². The molecule has 2 aromatic rings. The number of ketones is 1. The summed E-state index contributed by atoms with van der Waals surface area (Å²) in [6.07, 6.45) is 0.0112. The third-order valence-corrected chi connectivity index (χ3v) is 8.40. The van der Waals surface area contributed by atoms with Gasteiger partial charge in [-0.3, -0.25) is 24.0 Å². The van der Waals surface area contributed by atoms with Crippen LogP contribution in [0.1, 0.15) is 61.3 Å². The Labute approximate surface area is 263 Å². The number of nitrogens with one attached hydrogen (secondary N) is 4. The molecule has 12 nitrogen and oxygen atoms in total. The predicted molar refractivity (Wildman–Crippen MR) is 169 cm³/mol. The van der Waals surface area contributed by atoms with Crippen LogP contribution in [0.2, 0.25) is 0 Å². The zero-order valence-corrected chi connectivity index (χ0v) is 27.6. The SMILES string of the molecule is CNC(=O)C(=O)C(Cc1ccccc1)NC(=O)c1csc(C(CC(C(C)C)N(C)C(=O)CNC(=O)C(NC)C(C)C)OC)n1. The zero-order valence-electron chi connectivity index (χ0n) is 26.8. The van der Waals surface area contributed by atoms with E-state index < -0.39 is 35.8 Å². The van der Waals surface area contributed by atoms with Crippen molar-refractivity contribution in [1.29, 1.82) is 0 Å². The molecule has 4 N–H and O–H groups in total. The maximum atomic E-state index is 13.2. The lowest BCUT2D eigenvalue weighted by molar-refractivity contribution is -0.138. The first-order chi connectivity index (χ1) is 20.8. The van der Waals surface area contributed by atoms with Crippen LogP contribution >= 0.6 is 11.3 Å². The van der Waals surface area contributed by atoms with E-state index in [1.54, 1.807) is 24.4 Å². The minimum Gasteiger partial charge on any atom is -0.374 e. The fraction of sp³-hybridized carbons (Fsp3) is 0.548. The van der Waals surface area contributed by atoms with Gasteiger partial charge in [-0.15, -0.1) is 11.3 Å². The second-order valence-electron chi connectivity index (χ2n) is 11.2. The third kappa shape index (κ3) is 10.2. The highest BCUT2D eigenvalue weighted by Gasteiger charge is 2.31. The Balaban J connectivity index is 2.14. The lowest BCUT2D eigenvalue weighted by Gasteiger charge is -2.33. The number of thiazole rings is 1. The van der Waals surface area contributed by atoms with Crippen LogP contribution in [0, 0.1) is 11.8 Å². The maximum Gasteiger partial charge on any atom is 0.289 e. The first-order valence-corrected chi connectivity index (χ1v) is 15.5. The Morgan fingerprint density at radius 1 is 1.00 bits per heavy atom. The minimum atomic E-state index is -1.08. The lowest BCUT2D eigenvalue weighted by Crippen LogP contribution is -2.50. The Bertz CT molecular complexity index is 1270. The number of carbonyl (C=O) groups is 5. The second-order valence-corrected chi connectivity index (χ2v) is 12.1. The summed E-state index contributed by atoms with van der Waals surface area (Å²) in [6.45, 7) is 7.70. The van der Waals surface area contributed by atoms with Crippen LogP contribution in [0.4, 0.5) is 0 Å². The summed E-state index contributed by atoms with van der Waals surface area (Å²) in [7, 11) is 6.30. The van der Waals surface area contributed by atoms with Crippen molar-refractivity contribution in [2.24, 2.45) is 11.8 Å². The van der Waals surface area contributed by atoms with Crippen molar-refractivity contribution in [2.75, 3.05) is 34.8 Å². The number of hydrogen-bond acceptors (Lipinski definition) is 9. The Morgan fingerprint density at radius 3 is 2.20 bits per heavy atom. The summed E-state index contributed by atoms with van der Waals surface area (Å²) >= 11 is 1.23. The quantitative estimate of drug-likeness (QED) is 0.192. The molecule has 4 amide bonds. The average molecular weight is 631 g/mol. The van der Waals surface area contributed by atoms with E-state index in [0.717, 1.165) is 5.56 Å². The molecule has 1 aromatic heterocycles. The number of hydrogen-bond donors (Lipinski definition) is 4. The molecule has 0 radical (unpaired) electrons. The van der Waals surface area contributed by atoms with Gasteiger partial charge in [0.05, 0.1) is 12.6 Å². The van der Waals surface area contributed by atoms with Crippen molar-refractivity contribution in [1.82, 2.24) is 31.2 Å². The molecular weight excluding hydrogens is 584 g/mol. The molecule has 0 bridgehead atoms. The number of benzene rings is 1. The Hall–Kier alpha value is -3.68. The first kappa shape index (κ1) is 36.5. The van der Waals surface area contributed by atoms with Crippen molar-refractivity contribution in [3.63, 3.8) is 0 Å². The van der Waals surface area contributed by atoms with Crippen LogP contribution < -0.4 is 21.3 Å². The standard InChI is InChI=1S/C31H46N6O6S/c1-18(2)23(37(7)25(38)16-34-29(41)26(32-5)19(3)4)15-24(43-8)31-36-22(17-44-31)28(40)35-21(27(39)30(42)33-6)14-20-12-10-9-11-13-20/h9-13,17-19,21,23-24,26,32H,14-16H2,1-8H3,(H,33,42)(H,34,41)(H,35,40). The highest BCUT2D eigenvalue weighted by Crippen LogP contribution is 2.29. The van der Waals surface area contributed by atoms with Gasteiger partial charge in [0.1, 0.15) is 22.8 Å². The van der Waals surface area contributed by atoms with E-state index in [4.69, 9.17) is 4.74 Å². The minimum absolute atomic E-state index is 0.0511. The number of Topliss-reactive ketones (excluding diaryl/α,β-unsaturated/α-hetero) is 1. The van der Waals surface area contributed by atoms with E-state index in [-0.39, 0.29) is 48.4 Å². The van der Waals surface area contributed by atoms with Crippen molar-refractivity contribution in [2.45, 2.75) is 64.8 Å². The number of amides is 4. The van der Waals surface area contributed by atoms with Gasteiger partial charge in [0.25, 0.3) is 11.8 Å². The van der Waals surface area contributed by atoms with Gasteiger partial charge in [-0.25, -0.2) is 4.98 Å². The topological polar surface area (TPSA) is 159 Å². The van der Waals surface area contributed by atoms with E-state index in [1.807, 2.05) is 58.0 Å². The van der Waals surface area contributed by atoms with Crippen molar-refractivity contribution in [3.05, 3.63) is 52.0 Å².